The summed E-state index contributed by atoms with van der Waals surface area (Å²) in [5.74, 6) is 0.309. The topological polar surface area (TPSA) is 119 Å². The number of benzene rings is 1. The molecule has 10 nitrogen and oxygen atoms in total. The van der Waals surface area contributed by atoms with Gasteiger partial charge in [0.1, 0.15) is 6.10 Å². The van der Waals surface area contributed by atoms with Gasteiger partial charge in [0, 0.05) is 51.3 Å². The average molecular weight is 588 g/mol. The fourth-order valence-corrected chi connectivity index (χ4v) is 6.96. The minimum absolute atomic E-state index is 0.0112. The lowest BCUT2D eigenvalue weighted by Crippen LogP contribution is -2.53. The van der Waals surface area contributed by atoms with Gasteiger partial charge in [0.05, 0.1) is 37.0 Å². The van der Waals surface area contributed by atoms with Crippen molar-refractivity contribution in [3.05, 3.63) is 35.9 Å². The van der Waals surface area contributed by atoms with Gasteiger partial charge in [-0.1, -0.05) is 44.2 Å². The smallest absolute Gasteiger partial charge is 0.407 e. The monoisotopic (exact) mass is 587 g/mol. The summed E-state index contributed by atoms with van der Waals surface area (Å²) in [7, 11) is 0. The molecule has 3 unspecified atom stereocenters. The van der Waals surface area contributed by atoms with Gasteiger partial charge < -0.3 is 34.7 Å². The highest BCUT2D eigenvalue weighted by Gasteiger charge is 2.47. The Morgan fingerprint density at radius 2 is 1.86 bits per heavy atom. The summed E-state index contributed by atoms with van der Waals surface area (Å²) in [4.78, 5) is 28.6. The predicted octanol–water partition coefficient (Wildman–Crippen LogP) is 2.81. The van der Waals surface area contributed by atoms with E-state index in [1.807, 2.05) is 30.3 Å². The molecule has 0 aromatic heterocycles. The van der Waals surface area contributed by atoms with E-state index >= 15 is 0 Å². The van der Waals surface area contributed by atoms with E-state index in [1.54, 1.807) is 0 Å². The molecule has 4 saturated heterocycles. The first-order valence-electron chi connectivity index (χ1n) is 15.9. The normalized spacial score (nSPS) is 29.0. The van der Waals surface area contributed by atoms with E-state index in [0.717, 1.165) is 37.9 Å². The van der Waals surface area contributed by atoms with E-state index in [9.17, 15) is 14.7 Å². The molecule has 1 aromatic rings. The summed E-state index contributed by atoms with van der Waals surface area (Å²) in [6.07, 6.45) is 4.26. The lowest BCUT2D eigenvalue weighted by atomic mass is 9.87. The number of alkyl carbamates (subject to hydrolysis) is 1. The van der Waals surface area contributed by atoms with Gasteiger partial charge in [0.2, 0.25) is 5.91 Å². The molecule has 4 heterocycles. The van der Waals surface area contributed by atoms with Crippen LogP contribution in [-0.2, 0) is 30.2 Å². The molecule has 10 heteroatoms. The SMILES string of the molecule is CC(C)CN(C[C@@H](O)C(Cc1ccccc1)NC(=O)O[C@H]1CCO[C@@H](C2CCCO2)C1)C1CC2(CCOCC2)NC1=O. The van der Waals surface area contributed by atoms with Gasteiger partial charge in [-0.3, -0.25) is 9.69 Å². The largest absolute Gasteiger partial charge is 0.446 e. The molecular weight excluding hydrogens is 538 g/mol. The lowest BCUT2D eigenvalue weighted by molar-refractivity contribution is -0.125. The molecule has 234 valence electrons. The highest BCUT2D eigenvalue weighted by molar-refractivity contribution is 5.85. The number of aliphatic hydroxyl groups excluding tert-OH is 1. The van der Waals surface area contributed by atoms with Crippen molar-refractivity contribution in [2.45, 2.75) is 107 Å². The maximum Gasteiger partial charge on any atom is 0.407 e. The zero-order valence-electron chi connectivity index (χ0n) is 25.2. The van der Waals surface area contributed by atoms with Crippen LogP contribution >= 0.6 is 0 Å². The maximum atomic E-state index is 13.2. The Bertz CT molecular complexity index is 1010. The molecule has 1 aromatic carbocycles. The standard InChI is InChI=1S/C32H49N3O7/c1-22(2)20-35(26-19-32(34-30(26)37)11-15-39-16-12-32)21-27(36)25(17-23-7-4-3-5-8-23)33-31(38)42-24-10-14-41-29(18-24)28-9-6-13-40-28/h3-5,7-8,22,24-29,36H,6,9-21H2,1-2H3,(H,33,38)(H,34,37)/t24-,25?,26?,27+,28?,29+/m0/s1. The molecule has 42 heavy (non-hydrogen) atoms. The maximum absolute atomic E-state index is 13.2. The minimum atomic E-state index is -0.912. The van der Waals surface area contributed by atoms with Crippen molar-refractivity contribution >= 4 is 12.0 Å². The zero-order chi connectivity index (χ0) is 29.5. The fraction of sp³-hybridized carbons (Fsp3) is 0.750. The summed E-state index contributed by atoms with van der Waals surface area (Å²) in [6.45, 7) is 7.73. The molecule has 6 atom stereocenters. The van der Waals surface area contributed by atoms with Gasteiger partial charge in [0.25, 0.3) is 0 Å². The van der Waals surface area contributed by atoms with Crippen LogP contribution in [0.15, 0.2) is 30.3 Å². The van der Waals surface area contributed by atoms with Crippen LogP contribution in [0.4, 0.5) is 4.79 Å². The van der Waals surface area contributed by atoms with Crippen molar-refractivity contribution in [2.24, 2.45) is 5.92 Å². The van der Waals surface area contributed by atoms with Crippen molar-refractivity contribution in [1.82, 2.24) is 15.5 Å². The highest BCUT2D eigenvalue weighted by Crippen LogP contribution is 2.33. The van der Waals surface area contributed by atoms with Crippen molar-refractivity contribution in [1.29, 1.82) is 0 Å². The Kier molecular flexibility index (Phi) is 10.8. The Morgan fingerprint density at radius 1 is 1.10 bits per heavy atom. The van der Waals surface area contributed by atoms with Gasteiger partial charge >= 0.3 is 6.09 Å². The third-order valence-corrected chi connectivity index (χ3v) is 9.17. The fourth-order valence-electron chi connectivity index (χ4n) is 6.96. The Balaban J connectivity index is 1.25. The van der Waals surface area contributed by atoms with E-state index < -0.39 is 18.2 Å². The average Bonchev–Trinajstić information content (AvgIpc) is 3.62. The molecule has 1 spiro atoms. The number of carbonyl (C=O) groups excluding carboxylic acids is 2. The molecule has 4 aliphatic heterocycles. The zero-order valence-corrected chi connectivity index (χ0v) is 25.2. The van der Waals surface area contributed by atoms with Gasteiger partial charge in [-0.2, -0.15) is 0 Å². The highest BCUT2D eigenvalue weighted by atomic mass is 16.6. The van der Waals surface area contributed by atoms with E-state index in [-0.39, 0.29) is 42.3 Å². The molecule has 5 rings (SSSR count). The summed E-state index contributed by atoms with van der Waals surface area (Å²) < 4.78 is 23.2. The predicted molar refractivity (Wildman–Crippen MR) is 157 cm³/mol. The minimum Gasteiger partial charge on any atom is -0.446 e. The quantitative estimate of drug-likeness (QED) is 0.362. The van der Waals surface area contributed by atoms with Crippen LogP contribution in [0.5, 0.6) is 0 Å². The Morgan fingerprint density at radius 3 is 2.57 bits per heavy atom. The number of rotatable bonds is 11. The van der Waals surface area contributed by atoms with Crippen LogP contribution in [-0.4, -0.2) is 104 Å². The van der Waals surface area contributed by atoms with Gasteiger partial charge in [-0.15, -0.1) is 0 Å². The third kappa shape index (κ3) is 8.23. The molecule has 0 radical (unpaired) electrons. The van der Waals surface area contributed by atoms with Crippen molar-refractivity contribution in [3.8, 4) is 0 Å². The van der Waals surface area contributed by atoms with E-state index in [2.05, 4.69) is 29.4 Å². The first-order valence-corrected chi connectivity index (χ1v) is 15.9. The molecule has 0 saturated carbocycles. The summed E-state index contributed by atoms with van der Waals surface area (Å²) in [5.41, 5.74) is 0.762. The Hall–Kier alpha value is -2.24. The number of aliphatic hydroxyl groups is 1. The van der Waals surface area contributed by atoms with Crippen LogP contribution in [0, 0.1) is 5.92 Å². The molecule has 4 aliphatic rings. The van der Waals surface area contributed by atoms with E-state index in [4.69, 9.17) is 18.9 Å². The third-order valence-electron chi connectivity index (χ3n) is 9.17. The van der Waals surface area contributed by atoms with Gasteiger partial charge in [-0.25, -0.2) is 4.79 Å². The summed E-state index contributed by atoms with van der Waals surface area (Å²) in [6, 6.07) is 8.90. The molecule has 2 amide bonds. The van der Waals surface area contributed by atoms with Crippen LogP contribution < -0.4 is 10.6 Å². The van der Waals surface area contributed by atoms with Crippen LogP contribution in [0.1, 0.15) is 64.4 Å². The number of ether oxygens (including phenoxy) is 4. The number of hydrogen-bond acceptors (Lipinski definition) is 8. The molecular formula is C32H49N3O7. The number of nitrogens with one attached hydrogen (secondary N) is 2. The van der Waals surface area contributed by atoms with Crippen molar-refractivity contribution < 1.29 is 33.6 Å². The second-order valence-electron chi connectivity index (χ2n) is 13.0. The molecule has 0 aliphatic carbocycles. The molecule has 3 N–H and O–H groups in total. The van der Waals surface area contributed by atoms with E-state index in [0.29, 0.717) is 58.0 Å². The van der Waals surface area contributed by atoms with Crippen LogP contribution in [0.3, 0.4) is 0 Å². The summed E-state index contributed by atoms with van der Waals surface area (Å²) in [5, 5.41) is 17.9. The summed E-state index contributed by atoms with van der Waals surface area (Å²) >= 11 is 0. The van der Waals surface area contributed by atoms with Crippen LogP contribution in [0.25, 0.3) is 0 Å². The second kappa shape index (κ2) is 14.5. The number of carbonyl (C=O) groups is 2. The second-order valence-corrected chi connectivity index (χ2v) is 13.0. The van der Waals surface area contributed by atoms with Gasteiger partial charge in [-0.05, 0) is 50.0 Å². The Labute approximate surface area is 249 Å². The first kappa shape index (κ1) is 31.2. The van der Waals surface area contributed by atoms with Crippen molar-refractivity contribution in [3.63, 3.8) is 0 Å². The van der Waals surface area contributed by atoms with Crippen molar-refractivity contribution in [2.75, 3.05) is 39.5 Å². The first-order chi connectivity index (χ1) is 20.3. The van der Waals surface area contributed by atoms with Gasteiger partial charge in [0.15, 0.2) is 0 Å². The van der Waals surface area contributed by atoms with E-state index in [1.165, 1.54) is 0 Å². The number of amides is 2. The van der Waals surface area contributed by atoms with Crippen LogP contribution in [0.2, 0.25) is 0 Å². The molecule has 4 fully saturated rings. The number of nitrogens with zero attached hydrogens (tertiary/aromatic N) is 1. The molecule has 0 bridgehead atoms. The number of hydrogen-bond donors (Lipinski definition) is 3. The lowest BCUT2D eigenvalue weighted by Gasteiger charge is -2.36.